The number of para-hydroxylation sites is 2. The second-order valence-corrected chi connectivity index (χ2v) is 6.02. The maximum absolute atomic E-state index is 13.3. The fourth-order valence-corrected chi connectivity index (χ4v) is 3.05. The number of rotatable bonds is 3. The molecule has 1 aromatic heterocycles. The molecule has 0 aliphatic rings. The van der Waals surface area contributed by atoms with Gasteiger partial charge in [0.15, 0.2) is 0 Å². The normalized spacial score (nSPS) is 11.1. The average Bonchev–Trinajstić information content (AvgIpc) is 2.96. The van der Waals surface area contributed by atoms with E-state index in [1.54, 1.807) is 12.1 Å². The number of fused-ring (bicyclic) bond motifs is 1. The van der Waals surface area contributed by atoms with Gasteiger partial charge in [-0.05, 0) is 48.0 Å². The standard InChI is InChI=1S/C20H14ClFN2/c21-17-6-2-1-5-15(17)13-24-19-8-4-3-7-18(19)23-20(24)14-9-11-16(22)12-10-14/h1-12H,13H2. The van der Waals surface area contributed by atoms with E-state index in [-0.39, 0.29) is 5.82 Å². The molecule has 0 saturated carbocycles. The molecule has 0 bridgehead atoms. The number of benzene rings is 3. The van der Waals surface area contributed by atoms with Gasteiger partial charge in [-0.2, -0.15) is 0 Å². The monoisotopic (exact) mass is 336 g/mol. The van der Waals surface area contributed by atoms with E-state index < -0.39 is 0 Å². The molecule has 118 valence electrons. The first-order valence-corrected chi connectivity index (χ1v) is 8.05. The van der Waals surface area contributed by atoms with Crippen LogP contribution < -0.4 is 0 Å². The summed E-state index contributed by atoms with van der Waals surface area (Å²) in [7, 11) is 0. The van der Waals surface area contributed by atoms with Crippen LogP contribution in [0.1, 0.15) is 5.56 Å². The van der Waals surface area contributed by atoms with Crippen LogP contribution in [0.5, 0.6) is 0 Å². The second-order valence-electron chi connectivity index (χ2n) is 5.61. The highest BCUT2D eigenvalue weighted by atomic mass is 35.5. The largest absolute Gasteiger partial charge is 0.319 e. The van der Waals surface area contributed by atoms with Gasteiger partial charge in [-0.25, -0.2) is 9.37 Å². The van der Waals surface area contributed by atoms with E-state index >= 15 is 0 Å². The number of hydrogen-bond acceptors (Lipinski definition) is 1. The zero-order valence-corrected chi connectivity index (χ0v) is 13.5. The summed E-state index contributed by atoms with van der Waals surface area (Å²) in [5.41, 5.74) is 3.82. The van der Waals surface area contributed by atoms with Crippen molar-refractivity contribution in [2.45, 2.75) is 6.54 Å². The van der Waals surface area contributed by atoms with Gasteiger partial charge in [-0.1, -0.05) is 41.9 Å². The fraction of sp³-hybridized carbons (Fsp3) is 0.0500. The highest BCUT2D eigenvalue weighted by molar-refractivity contribution is 6.31. The Morgan fingerprint density at radius 2 is 1.58 bits per heavy atom. The molecule has 0 saturated heterocycles. The summed E-state index contributed by atoms with van der Waals surface area (Å²) in [4.78, 5) is 4.74. The molecule has 4 rings (SSSR count). The lowest BCUT2D eigenvalue weighted by Crippen LogP contribution is -2.02. The highest BCUT2D eigenvalue weighted by Crippen LogP contribution is 2.27. The van der Waals surface area contributed by atoms with Crippen molar-refractivity contribution >= 4 is 22.6 Å². The second kappa shape index (κ2) is 6.10. The van der Waals surface area contributed by atoms with E-state index in [0.717, 1.165) is 33.0 Å². The SMILES string of the molecule is Fc1ccc(-c2nc3ccccc3n2Cc2ccccc2Cl)cc1. The Morgan fingerprint density at radius 3 is 2.38 bits per heavy atom. The van der Waals surface area contributed by atoms with Crippen molar-refractivity contribution in [3.05, 3.63) is 89.2 Å². The van der Waals surface area contributed by atoms with Gasteiger partial charge in [0.1, 0.15) is 11.6 Å². The first kappa shape index (κ1) is 14.9. The molecule has 4 aromatic rings. The van der Waals surface area contributed by atoms with E-state index in [1.165, 1.54) is 12.1 Å². The first-order chi connectivity index (χ1) is 11.7. The summed E-state index contributed by atoms with van der Waals surface area (Å²) >= 11 is 6.33. The Kier molecular flexibility index (Phi) is 3.79. The van der Waals surface area contributed by atoms with Crippen LogP contribution in [0.3, 0.4) is 0 Å². The molecule has 0 N–H and O–H groups in total. The molecule has 0 fully saturated rings. The topological polar surface area (TPSA) is 17.8 Å². The molecule has 0 radical (unpaired) electrons. The third kappa shape index (κ3) is 2.68. The molecular weight excluding hydrogens is 323 g/mol. The molecule has 0 spiro atoms. The molecule has 0 amide bonds. The van der Waals surface area contributed by atoms with Crippen molar-refractivity contribution in [1.29, 1.82) is 0 Å². The Morgan fingerprint density at radius 1 is 0.875 bits per heavy atom. The van der Waals surface area contributed by atoms with E-state index in [2.05, 4.69) is 4.57 Å². The van der Waals surface area contributed by atoms with Gasteiger partial charge in [-0.3, -0.25) is 0 Å². The minimum absolute atomic E-state index is 0.257. The molecule has 0 atom stereocenters. The molecule has 2 nitrogen and oxygen atoms in total. The van der Waals surface area contributed by atoms with Gasteiger partial charge >= 0.3 is 0 Å². The van der Waals surface area contributed by atoms with E-state index in [1.807, 2.05) is 48.5 Å². The predicted molar refractivity (Wildman–Crippen MR) is 95.7 cm³/mol. The lowest BCUT2D eigenvalue weighted by atomic mass is 10.2. The predicted octanol–water partition coefficient (Wildman–Crippen LogP) is 5.54. The van der Waals surface area contributed by atoms with Crippen LogP contribution in [0, 0.1) is 5.82 Å². The van der Waals surface area contributed by atoms with Crippen LogP contribution >= 0.6 is 11.6 Å². The van der Waals surface area contributed by atoms with Crippen molar-refractivity contribution < 1.29 is 4.39 Å². The van der Waals surface area contributed by atoms with Gasteiger partial charge in [0, 0.05) is 10.6 Å². The third-order valence-electron chi connectivity index (χ3n) is 4.04. The maximum Gasteiger partial charge on any atom is 0.141 e. The van der Waals surface area contributed by atoms with Crippen molar-refractivity contribution in [1.82, 2.24) is 9.55 Å². The minimum atomic E-state index is -0.257. The van der Waals surface area contributed by atoms with E-state index in [9.17, 15) is 4.39 Å². The van der Waals surface area contributed by atoms with Crippen LogP contribution in [-0.2, 0) is 6.54 Å². The van der Waals surface area contributed by atoms with Crippen LogP contribution in [0.15, 0.2) is 72.8 Å². The summed E-state index contributed by atoms with van der Waals surface area (Å²) < 4.78 is 15.4. The number of aromatic nitrogens is 2. The molecule has 4 heteroatoms. The molecule has 3 aromatic carbocycles. The molecule has 0 aliphatic heterocycles. The molecule has 24 heavy (non-hydrogen) atoms. The molecule has 0 aliphatic carbocycles. The van der Waals surface area contributed by atoms with Crippen LogP contribution in [-0.4, -0.2) is 9.55 Å². The lowest BCUT2D eigenvalue weighted by molar-refractivity contribution is 0.628. The molecular formula is C20H14ClFN2. The zero-order chi connectivity index (χ0) is 16.5. The average molecular weight is 337 g/mol. The van der Waals surface area contributed by atoms with Crippen molar-refractivity contribution in [2.75, 3.05) is 0 Å². The Balaban J connectivity index is 1.90. The van der Waals surface area contributed by atoms with Gasteiger partial charge in [-0.15, -0.1) is 0 Å². The number of halogens is 2. The minimum Gasteiger partial charge on any atom is -0.319 e. The summed E-state index contributed by atoms with van der Waals surface area (Å²) in [6.07, 6.45) is 0. The summed E-state index contributed by atoms with van der Waals surface area (Å²) in [6, 6.07) is 22.1. The van der Waals surface area contributed by atoms with Crippen LogP contribution in [0.4, 0.5) is 4.39 Å². The van der Waals surface area contributed by atoms with Crippen LogP contribution in [0.25, 0.3) is 22.4 Å². The Bertz CT molecular complexity index is 1010. The van der Waals surface area contributed by atoms with Gasteiger partial charge in [0.05, 0.1) is 17.6 Å². The summed E-state index contributed by atoms with van der Waals surface area (Å²) in [5, 5.41) is 0.723. The number of imidazole rings is 1. The molecule has 1 heterocycles. The number of hydrogen-bond donors (Lipinski definition) is 0. The van der Waals surface area contributed by atoms with Crippen LogP contribution in [0.2, 0.25) is 5.02 Å². The summed E-state index contributed by atoms with van der Waals surface area (Å²) in [6.45, 7) is 0.604. The van der Waals surface area contributed by atoms with E-state index in [4.69, 9.17) is 16.6 Å². The van der Waals surface area contributed by atoms with Crippen molar-refractivity contribution in [3.8, 4) is 11.4 Å². The van der Waals surface area contributed by atoms with Crippen molar-refractivity contribution in [3.63, 3.8) is 0 Å². The van der Waals surface area contributed by atoms with Gasteiger partial charge in [0.25, 0.3) is 0 Å². The Hall–Kier alpha value is -2.65. The fourth-order valence-electron chi connectivity index (χ4n) is 2.85. The van der Waals surface area contributed by atoms with E-state index in [0.29, 0.717) is 6.54 Å². The zero-order valence-electron chi connectivity index (χ0n) is 12.8. The summed E-state index contributed by atoms with van der Waals surface area (Å²) in [5.74, 6) is 0.545. The highest BCUT2D eigenvalue weighted by Gasteiger charge is 2.13. The quantitative estimate of drug-likeness (QED) is 0.480. The van der Waals surface area contributed by atoms with Gasteiger partial charge < -0.3 is 4.57 Å². The van der Waals surface area contributed by atoms with Crippen molar-refractivity contribution in [2.24, 2.45) is 0 Å². The molecule has 0 unspecified atom stereocenters. The maximum atomic E-state index is 13.3. The number of nitrogens with zero attached hydrogens (tertiary/aromatic N) is 2. The smallest absolute Gasteiger partial charge is 0.141 e. The Labute approximate surface area is 144 Å². The first-order valence-electron chi connectivity index (χ1n) is 7.67. The lowest BCUT2D eigenvalue weighted by Gasteiger charge is -2.11. The third-order valence-corrected chi connectivity index (χ3v) is 4.41. The van der Waals surface area contributed by atoms with Gasteiger partial charge in [0.2, 0.25) is 0 Å².